The Morgan fingerprint density at radius 1 is 1.13 bits per heavy atom. The average Bonchev–Trinajstić information content (AvgIpc) is 2.54. The molecule has 1 aromatic heterocycles. The van der Waals surface area contributed by atoms with Crippen molar-refractivity contribution in [3.05, 3.63) is 69.1 Å². The molecule has 5 nitrogen and oxygen atoms in total. The van der Waals surface area contributed by atoms with Crippen LogP contribution >= 0.6 is 23.2 Å². The van der Waals surface area contributed by atoms with E-state index in [4.69, 9.17) is 23.2 Å². The lowest BCUT2D eigenvalue weighted by atomic mass is 10.3. The first-order valence-electron chi connectivity index (χ1n) is 6.74. The van der Waals surface area contributed by atoms with E-state index in [-0.39, 0.29) is 18.0 Å². The van der Waals surface area contributed by atoms with Crippen molar-refractivity contribution in [1.29, 1.82) is 0 Å². The number of fused-ring (bicyclic) bond motifs is 1. The molecule has 0 spiro atoms. The summed E-state index contributed by atoms with van der Waals surface area (Å²) in [6.45, 7) is -0.123. The van der Waals surface area contributed by atoms with Crippen LogP contribution in [0.1, 0.15) is 0 Å². The maximum absolute atomic E-state index is 12.2. The van der Waals surface area contributed by atoms with E-state index in [1.54, 1.807) is 36.4 Å². The number of halogens is 2. The fourth-order valence-corrected chi connectivity index (χ4v) is 2.49. The molecule has 0 saturated carbocycles. The van der Waals surface area contributed by atoms with Crippen molar-refractivity contribution < 1.29 is 4.79 Å². The van der Waals surface area contributed by atoms with Gasteiger partial charge in [0.2, 0.25) is 5.91 Å². The molecular formula is C16H11Cl2N3O2. The Morgan fingerprint density at radius 3 is 2.70 bits per heavy atom. The zero-order valence-corrected chi connectivity index (χ0v) is 13.3. The molecule has 3 rings (SSSR count). The largest absolute Gasteiger partial charge is 0.324 e. The van der Waals surface area contributed by atoms with Gasteiger partial charge in [-0.15, -0.1) is 0 Å². The second kappa shape index (κ2) is 6.40. The number of aromatic nitrogens is 2. The topological polar surface area (TPSA) is 64.0 Å². The van der Waals surface area contributed by atoms with Gasteiger partial charge in [0.25, 0.3) is 5.56 Å². The van der Waals surface area contributed by atoms with Gasteiger partial charge in [-0.2, -0.15) is 0 Å². The maximum Gasteiger partial charge on any atom is 0.269 e. The fourth-order valence-electron chi connectivity index (χ4n) is 2.20. The molecule has 0 aliphatic rings. The highest BCUT2D eigenvalue weighted by molar-refractivity contribution is 6.42. The third kappa shape index (κ3) is 3.36. The minimum Gasteiger partial charge on any atom is -0.324 e. The van der Waals surface area contributed by atoms with Crippen molar-refractivity contribution in [2.24, 2.45) is 0 Å². The normalized spacial score (nSPS) is 10.7. The van der Waals surface area contributed by atoms with Gasteiger partial charge in [0.15, 0.2) is 0 Å². The number of carbonyl (C=O) groups is 1. The van der Waals surface area contributed by atoms with Crippen LogP contribution in [-0.4, -0.2) is 15.5 Å². The lowest BCUT2D eigenvalue weighted by molar-refractivity contribution is -0.116. The number of amides is 1. The van der Waals surface area contributed by atoms with Crippen molar-refractivity contribution >= 4 is 45.8 Å². The summed E-state index contributed by atoms with van der Waals surface area (Å²) >= 11 is 11.8. The molecule has 0 aliphatic carbocycles. The van der Waals surface area contributed by atoms with Crippen LogP contribution in [0.25, 0.3) is 11.0 Å². The minimum atomic E-state index is -0.346. The molecule has 116 valence electrons. The van der Waals surface area contributed by atoms with Gasteiger partial charge in [0, 0.05) is 5.69 Å². The first-order valence-corrected chi connectivity index (χ1v) is 7.50. The number of anilines is 1. The van der Waals surface area contributed by atoms with Crippen molar-refractivity contribution in [1.82, 2.24) is 9.55 Å². The van der Waals surface area contributed by atoms with Crippen LogP contribution in [0.3, 0.4) is 0 Å². The number of hydrogen-bond donors (Lipinski definition) is 1. The quantitative estimate of drug-likeness (QED) is 0.790. The lowest BCUT2D eigenvalue weighted by Gasteiger charge is -2.10. The second-order valence-corrected chi connectivity index (χ2v) is 5.66. The van der Waals surface area contributed by atoms with E-state index < -0.39 is 0 Å². The van der Waals surface area contributed by atoms with Crippen molar-refractivity contribution in [2.45, 2.75) is 6.54 Å². The predicted molar refractivity (Wildman–Crippen MR) is 91.1 cm³/mol. The molecule has 0 radical (unpaired) electrons. The smallest absolute Gasteiger partial charge is 0.269 e. The molecule has 3 aromatic rings. The van der Waals surface area contributed by atoms with Crippen molar-refractivity contribution in [2.75, 3.05) is 5.32 Å². The summed E-state index contributed by atoms with van der Waals surface area (Å²) in [7, 11) is 0. The van der Waals surface area contributed by atoms with E-state index in [1.807, 2.05) is 6.07 Å². The minimum absolute atomic E-state index is 0.123. The first-order chi connectivity index (χ1) is 11.0. The molecule has 1 amide bonds. The van der Waals surface area contributed by atoms with Crippen molar-refractivity contribution in [3.63, 3.8) is 0 Å². The Labute approximate surface area is 141 Å². The van der Waals surface area contributed by atoms with Crippen LogP contribution in [0.15, 0.2) is 53.5 Å². The van der Waals surface area contributed by atoms with E-state index >= 15 is 0 Å². The summed E-state index contributed by atoms with van der Waals surface area (Å²) in [4.78, 5) is 28.3. The number of hydrogen-bond acceptors (Lipinski definition) is 3. The van der Waals surface area contributed by atoms with Crippen LogP contribution in [0, 0.1) is 0 Å². The van der Waals surface area contributed by atoms with Crippen LogP contribution in [0.5, 0.6) is 0 Å². The molecule has 1 N–H and O–H groups in total. The molecule has 0 aliphatic heterocycles. The summed E-state index contributed by atoms with van der Waals surface area (Å²) in [6, 6.07) is 11.9. The van der Waals surface area contributed by atoms with Crippen molar-refractivity contribution in [3.8, 4) is 0 Å². The zero-order valence-electron chi connectivity index (χ0n) is 11.8. The average molecular weight is 348 g/mol. The number of benzene rings is 2. The molecule has 0 unspecified atom stereocenters. The Bertz CT molecular complexity index is 953. The van der Waals surface area contributed by atoms with Crippen LogP contribution in [0.4, 0.5) is 5.69 Å². The van der Waals surface area contributed by atoms with Gasteiger partial charge in [-0.05, 0) is 30.3 Å². The molecule has 7 heteroatoms. The molecule has 0 fully saturated rings. The second-order valence-electron chi connectivity index (χ2n) is 4.85. The van der Waals surface area contributed by atoms with E-state index in [1.165, 1.54) is 10.8 Å². The Morgan fingerprint density at radius 2 is 1.91 bits per heavy atom. The van der Waals surface area contributed by atoms with Crippen LogP contribution < -0.4 is 10.9 Å². The standard InChI is InChI=1S/C16H11Cl2N3O2/c17-11-6-5-10(7-12(11)18)20-15(22)9-21-14-4-2-1-3-13(14)19-8-16(21)23/h1-8H,9H2,(H,20,22). The Balaban J connectivity index is 1.87. The molecular weight excluding hydrogens is 337 g/mol. The third-order valence-electron chi connectivity index (χ3n) is 3.26. The monoisotopic (exact) mass is 347 g/mol. The summed E-state index contributed by atoms with van der Waals surface area (Å²) < 4.78 is 1.37. The van der Waals surface area contributed by atoms with E-state index in [9.17, 15) is 9.59 Å². The molecule has 23 heavy (non-hydrogen) atoms. The maximum atomic E-state index is 12.2. The highest BCUT2D eigenvalue weighted by Gasteiger charge is 2.10. The van der Waals surface area contributed by atoms with Crippen LogP contribution in [-0.2, 0) is 11.3 Å². The molecule has 1 heterocycles. The first kappa shape index (κ1) is 15.5. The van der Waals surface area contributed by atoms with E-state index in [2.05, 4.69) is 10.3 Å². The van der Waals surface area contributed by atoms with Crippen LogP contribution in [0.2, 0.25) is 10.0 Å². The van der Waals surface area contributed by atoms with E-state index in [0.29, 0.717) is 26.8 Å². The Hall–Kier alpha value is -2.37. The van der Waals surface area contributed by atoms with Gasteiger partial charge >= 0.3 is 0 Å². The lowest BCUT2D eigenvalue weighted by Crippen LogP contribution is -2.27. The highest BCUT2D eigenvalue weighted by atomic mass is 35.5. The van der Waals surface area contributed by atoms with Gasteiger partial charge in [0.05, 0.1) is 27.3 Å². The summed E-state index contributed by atoms with van der Waals surface area (Å²) in [6.07, 6.45) is 1.20. The summed E-state index contributed by atoms with van der Waals surface area (Å²) in [5.74, 6) is -0.346. The predicted octanol–water partition coefficient (Wildman–Crippen LogP) is 3.34. The zero-order chi connectivity index (χ0) is 16.4. The van der Waals surface area contributed by atoms with Gasteiger partial charge in [0.1, 0.15) is 6.54 Å². The number of nitrogens with zero attached hydrogens (tertiary/aromatic N) is 2. The summed E-state index contributed by atoms with van der Waals surface area (Å²) in [5, 5.41) is 3.44. The molecule has 0 saturated heterocycles. The van der Waals surface area contributed by atoms with Gasteiger partial charge in [-0.1, -0.05) is 35.3 Å². The SMILES string of the molecule is O=C(Cn1c(=O)cnc2ccccc21)Nc1ccc(Cl)c(Cl)c1. The number of carbonyl (C=O) groups excluding carboxylic acids is 1. The number of rotatable bonds is 3. The molecule has 0 atom stereocenters. The van der Waals surface area contributed by atoms with Gasteiger partial charge < -0.3 is 5.32 Å². The third-order valence-corrected chi connectivity index (χ3v) is 4.00. The Kier molecular flexibility index (Phi) is 4.32. The molecule has 0 bridgehead atoms. The number of nitrogens with one attached hydrogen (secondary N) is 1. The van der Waals surface area contributed by atoms with Gasteiger partial charge in [-0.3, -0.25) is 14.2 Å². The fraction of sp³-hybridized carbons (Fsp3) is 0.0625. The number of para-hydroxylation sites is 2. The molecule has 2 aromatic carbocycles. The van der Waals surface area contributed by atoms with E-state index in [0.717, 1.165) is 0 Å². The summed E-state index contributed by atoms with van der Waals surface area (Å²) in [5.41, 5.74) is 1.42. The van der Waals surface area contributed by atoms with Gasteiger partial charge in [-0.25, -0.2) is 4.98 Å². The highest BCUT2D eigenvalue weighted by Crippen LogP contribution is 2.25.